The Hall–Kier alpha value is -2.70. The van der Waals surface area contributed by atoms with E-state index in [0.717, 1.165) is 6.07 Å². The quantitative estimate of drug-likeness (QED) is 0.896. The van der Waals surface area contributed by atoms with Gasteiger partial charge in [-0.25, -0.2) is 9.18 Å². The van der Waals surface area contributed by atoms with E-state index < -0.39 is 23.3 Å². The molecule has 1 amide bonds. The van der Waals surface area contributed by atoms with Gasteiger partial charge in [-0.2, -0.15) is 5.10 Å². The van der Waals surface area contributed by atoms with Gasteiger partial charge in [0.2, 0.25) is 0 Å². The molecule has 7 heteroatoms. The van der Waals surface area contributed by atoms with Crippen molar-refractivity contribution in [2.75, 3.05) is 5.32 Å². The molecule has 104 valence electrons. The van der Waals surface area contributed by atoms with E-state index in [1.165, 1.54) is 23.0 Å². The first-order valence-corrected chi connectivity index (χ1v) is 5.73. The van der Waals surface area contributed by atoms with Gasteiger partial charge in [0, 0.05) is 13.2 Å². The van der Waals surface area contributed by atoms with Crippen LogP contribution in [-0.2, 0) is 7.05 Å². The van der Waals surface area contributed by atoms with E-state index >= 15 is 0 Å². The summed E-state index contributed by atoms with van der Waals surface area (Å²) in [4.78, 5) is 23.1. The maximum absolute atomic E-state index is 13.5. The lowest BCUT2D eigenvalue weighted by atomic mass is 10.1. The van der Waals surface area contributed by atoms with E-state index in [1.807, 2.05) is 0 Å². The van der Waals surface area contributed by atoms with Crippen molar-refractivity contribution >= 4 is 17.6 Å². The number of carbonyl (C=O) groups excluding carboxylic acids is 1. The number of nitrogens with one attached hydrogen (secondary N) is 1. The van der Waals surface area contributed by atoms with E-state index in [2.05, 4.69) is 10.4 Å². The number of aryl methyl sites for hydroxylation is 2. The number of aromatic nitrogens is 2. The normalized spacial score (nSPS) is 10.3. The second-order valence-electron chi connectivity index (χ2n) is 4.22. The molecule has 0 bridgehead atoms. The monoisotopic (exact) mass is 277 g/mol. The highest BCUT2D eigenvalue weighted by atomic mass is 19.1. The molecule has 0 atom stereocenters. The number of anilines is 1. The third kappa shape index (κ3) is 2.51. The van der Waals surface area contributed by atoms with Crippen LogP contribution in [0.5, 0.6) is 0 Å². The molecule has 2 rings (SSSR count). The number of amides is 1. The summed E-state index contributed by atoms with van der Waals surface area (Å²) in [5, 5.41) is 15.4. The highest BCUT2D eigenvalue weighted by Crippen LogP contribution is 2.20. The van der Waals surface area contributed by atoms with E-state index in [-0.39, 0.29) is 5.69 Å². The molecule has 0 saturated carbocycles. The maximum Gasteiger partial charge on any atom is 0.340 e. The van der Waals surface area contributed by atoms with E-state index in [4.69, 9.17) is 5.11 Å². The Kier molecular flexibility index (Phi) is 3.51. The standard InChI is InChI=1S/C13H12FN3O3/c1-7-8(6-17(2)16-7)12(18)15-10-5-3-4-9(14)11(10)13(19)20/h3-6H,1-2H3,(H,15,18)(H,19,20). The fraction of sp³-hybridized carbons (Fsp3) is 0.154. The second-order valence-corrected chi connectivity index (χ2v) is 4.22. The lowest BCUT2D eigenvalue weighted by molar-refractivity contribution is 0.0693. The first-order valence-electron chi connectivity index (χ1n) is 5.73. The Morgan fingerprint density at radius 3 is 2.65 bits per heavy atom. The maximum atomic E-state index is 13.5. The molecular formula is C13H12FN3O3. The van der Waals surface area contributed by atoms with Gasteiger partial charge in [0.15, 0.2) is 0 Å². The van der Waals surface area contributed by atoms with Crippen molar-refractivity contribution < 1.29 is 19.1 Å². The second kappa shape index (κ2) is 5.12. The third-order valence-electron chi connectivity index (χ3n) is 2.73. The molecule has 6 nitrogen and oxygen atoms in total. The predicted octanol–water partition coefficient (Wildman–Crippen LogP) is 1.82. The van der Waals surface area contributed by atoms with Gasteiger partial charge < -0.3 is 10.4 Å². The minimum absolute atomic E-state index is 0.0919. The van der Waals surface area contributed by atoms with E-state index in [0.29, 0.717) is 11.3 Å². The average Bonchev–Trinajstić information content (AvgIpc) is 2.68. The summed E-state index contributed by atoms with van der Waals surface area (Å²) < 4.78 is 15.0. The van der Waals surface area contributed by atoms with Gasteiger partial charge in [0.1, 0.15) is 11.4 Å². The van der Waals surface area contributed by atoms with Crippen molar-refractivity contribution in [1.29, 1.82) is 0 Å². The molecule has 0 saturated heterocycles. The fourth-order valence-electron chi connectivity index (χ4n) is 1.86. The highest BCUT2D eigenvalue weighted by Gasteiger charge is 2.19. The number of carboxylic acids is 1. The Morgan fingerprint density at radius 1 is 1.40 bits per heavy atom. The number of hydrogen-bond donors (Lipinski definition) is 2. The zero-order chi connectivity index (χ0) is 14.9. The predicted molar refractivity (Wildman–Crippen MR) is 69.3 cm³/mol. The van der Waals surface area contributed by atoms with Crippen molar-refractivity contribution in [3.63, 3.8) is 0 Å². The van der Waals surface area contributed by atoms with Gasteiger partial charge >= 0.3 is 5.97 Å². The van der Waals surface area contributed by atoms with Gasteiger partial charge in [-0.1, -0.05) is 6.07 Å². The topological polar surface area (TPSA) is 84.2 Å². The van der Waals surface area contributed by atoms with Gasteiger partial charge in [-0.15, -0.1) is 0 Å². The van der Waals surface area contributed by atoms with Gasteiger partial charge in [-0.3, -0.25) is 9.48 Å². The number of nitrogens with zero attached hydrogens (tertiary/aromatic N) is 2. The Balaban J connectivity index is 2.36. The zero-order valence-corrected chi connectivity index (χ0v) is 10.8. The van der Waals surface area contributed by atoms with E-state index in [1.54, 1.807) is 14.0 Å². The smallest absolute Gasteiger partial charge is 0.340 e. The van der Waals surface area contributed by atoms with Crippen molar-refractivity contribution in [3.05, 3.63) is 47.0 Å². The minimum Gasteiger partial charge on any atom is -0.478 e. The van der Waals surface area contributed by atoms with Crippen molar-refractivity contribution in [1.82, 2.24) is 9.78 Å². The van der Waals surface area contributed by atoms with Crippen LogP contribution in [0.2, 0.25) is 0 Å². The Morgan fingerprint density at radius 2 is 2.10 bits per heavy atom. The van der Waals surface area contributed by atoms with Crippen LogP contribution in [0.3, 0.4) is 0 Å². The summed E-state index contributed by atoms with van der Waals surface area (Å²) in [6.07, 6.45) is 1.50. The molecule has 0 unspecified atom stereocenters. The summed E-state index contributed by atoms with van der Waals surface area (Å²) in [5.74, 6) is -2.89. The first kappa shape index (κ1) is 13.7. The molecule has 0 aliphatic heterocycles. The van der Waals surface area contributed by atoms with Gasteiger partial charge in [0.05, 0.1) is 16.9 Å². The van der Waals surface area contributed by atoms with Gasteiger partial charge in [0.25, 0.3) is 5.91 Å². The number of carboxylic acid groups (broad SMARTS) is 1. The molecule has 0 fully saturated rings. The largest absolute Gasteiger partial charge is 0.478 e. The first-order chi connectivity index (χ1) is 9.40. The molecule has 1 aromatic heterocycles. The summed E-state index contributed by atoms with van der Waals surface area (Å²) in [5.41, 5.74) is 0.138. The summed E-state index contributed by atoms with van der Waals surface area (Å²) in [7, 11) is 1.66. The minimum atomic E-state index is -1.44. The van der Waals surface area contributed by atoms with Crippen LogP contribution in [-0.4, -0.2) is 26.8 Å². The molecule has 0 aliphatic rings. The number of rotatable bonds is 3. The number of hydrogen-bond acceptors (Lipinski definition) is 3. The summed E-state index contributed by atoms with van der Waals surface area (Å²) in [6, 6.07) is 3.68. The molecule has 1 aromatic carbocycles. The molecule has 0 aliphatic carbocycles. The van der Waals surface area contributed by atoms with Crippen LogP contribution in [0.15, 0.2) is 24.4 Å². The summed E-state index contributed by atoms with van der Waals surface area (Å²) >= 11 is 0. The molecule has 0 radical (unpaired) electrons. The third-order valence-corrected chi connectivity index (χ3v) is 2.73. The number of aromatic carboxylic acids is 1. The molecule has 2 aromatic rings. The van der Waals surface area contributed by atoms with Crippen molar-refractivity contribution in [3.8, 4) is 0 Å². The van der Waals surface area contributed by atoms with Crippen LogP contribution < -0.4 is 5.32 Å². The zero-order valence-electron chi connectivity index (χ0n) is 10.8. The SMILES string of the molecule is Cc1nn(C)cc1C(=O)Nc1cccc(F)c1C(=O)O. The fourth-order valence-corrected chi connectivity index (χ4v) is 1.86. The van der Waals surface area contributed by atoms with Crippen molar-refractivity contribution in [2.24, 2.45) is 7.05 Å². The van der Waals surface area contributed by atoms with Crippen LogP contribution in [0.1, 0.15) is 26.4 Å². The van der Waals surface area contributed by atoms with E-state index in [9.17, 15) is 14.0 Å². The molecule has 1 heterocycles. The van der Waals surface area contributed by atoms with Crippen molar-refractivity contribution in [2.45, 2.75) is 6.92 Å². The highest BCUT2D eigenvalue weighted by molar-refractivity contribution is 6.08. The number of carbonyl (C=O) groups is 2. The summed E-state index contributed by atoms with van der Waals surface area (Å²) in [6.45, 7) is 1.65. The number of halogens is 1. The Bertz CT molecular complexity index is 694. The lowest BCUT2D eigenvalue weighted by Crippen LogP contribution is -2.16. The molecular weight excluding hydrogens is 265 g/mol. The molecule has 20 heavy (non-hydrogen) atoms. The molecule has 2 N–H and O–H groups in total. The van der Waals surface area contributed by atoms with Crippen LogP contribution >= 0.6 is 0 Å². The average molecular weight is 277 g/mol. The van der Waals surface area contributed by atoms with Crippen LogP contribution in [0, 0.1) is 12.7 Å². The Labute approximate surface area is 113 Å². The number of benzene rings is 1. The van der Waals surface area contributed by atoms with Crippen LogP contribution in [0.25, 0.3) is 0 Å². The lowest BCUT2D eigenvalue weighted by Gasteiger charge is -2.08. The molecule has 0 spiro atoms. The van der Waals surface area contributed by atoms with Crippen LogP contribution in [0.4, 0.5) is 10.1 Å². The van der Waals surface area contributed by atoms with Gasteiger partial charge in [-0.05, 0) is 19.1 Å².